The Morgan fingerprint density at radius 2 is 1.64 bits per heavy atom. The van der Waals surface area contributed by atoms with Gasteiger partial charge < -0.3 is 10.1 Å². The summed E-state index contributed by atoms with van der Waals surface area (Å²) >= 11 is 0. The van der Waals surface area contributed by atoms with E-state index in [0.29, 0.717) is 6.54 Å². The minimum Gasteiger partial charge on any atom is -0.381 e. The Kier molecular flexibility index (Phi) is 7.42. The SMILES string of the molecule is Cl.O=C(NO)C1(S(=O)(=O)c2ccc(NCc3ccccc3)cc2)CCOCC1. The van der Waals surface area contributed by atoms with Gasteiger partial charge in [-0.25, -0.2) is 13.9 Å². The number of hydrogen-bond acceptors (Lipinski definition) is 6. The summed E-state index contributed by atoms with van der Waals surface area (Å²) in [6, 6.07) is 16.1. The fourth-order valence-corrected chi connectivity index (χ4v) is 5.14. The second kappa shape index (κ2) is 9.38. The molecule has 0 radical (unpaired) electrons. The van der Waals surface area contributed by atoms with Gasteiger partial charge in [0, 0.05) is 25.4 Å². The van der Waals surface area contributed by atoms with Crippen molar-refractivity contribution in [2.75, 3.05) is 18.5 Å². The Morgan fingerprint density at radius 3 is 2.21 bits per heavy atom. The lowest BCUT2D eigenvalue weighted by Gasteiger charge is -2.34. The molecule has 0 unspecified atom stereocenters. The lowest BCUT2D eigenvalue weighted by molar-refractivity contribution is -0.134. The normalized spacial score (nSPS) is 15.9. The first kappa shape index (κ1) is 22.2. The first-order chi connectivity index (χ1) is 13.0. The highest BCUT2D eigenvalue weighted by Crippen LogP contribution is 2.35. The molecule has 0 aromatic heterocycles. The van der Waals surface area contributed by atoms with Crippen molar-refractivity contribution in [1.29, 1.82) is 0 Å². The van der Waals surface area contributed by atoms with Crippen LogP contribution < -0.4 is 10.8 Å². The number of anilines is 1. The van der Waals surface area contributed by atoms with Gasteiger partial charge in [-0.1, -0.05) is 30.3 Å². The van der Waals surface area contributed by atoms with Gasteiger partial charge in [0.25, 0.3) is 5.91 Å². The summed E-state index contributed by atoms with van der Waals surface area (Å²) in [6.45, 7) is 0.897. The fourth-order valence-electron chi connectivity index (χ4n) is 3.20. The summed E-state index contributed by atoms with van der Waals surface area (Å²) in [6.07, 6.45) is -0.00846. The zero-order chi connectivity index (χ0) is 19.3. The van der Waals surface area contributed by atoms with Crippen LogP contribution in [0.1, 0.15) is 18.4 Å². The number of sulfone groups is 1. The predicted octanol–water partition coefficient (Wildman–Crippen LogP) is 2.55. The van der Waals surface area contributed by atoms with E-state index in [1.165, 1.54) is 17.6 Å². The summed E-state index contributed by atoms with van der Waals surface area (Å²) in [4.78, 5) is 12.3. The van der Waals surface area contributed by atoms with Crippen LogP contribution in [0.3, 0.4) is 0 Å². The molecule has 152 valence electrons. The van der Waals surface area contributed by atoms with E-state index in [-0.39, 0.29) is 43.4 Å². The zero-order valence-electron chi connectivity index (χ0n) is 15.1. The van der Waals surface area contributed by atoms with Crippen LogP contribution in [0.5, 0.6) is 0 Å². The van der Waals surface area contributed by atoms with Gasteiger partial charge >= 0.3 is 0 Å². The molecular weight excluding hydrogens is 404 g/mol. The molecule has 1 heterocycles. The van der Waals surface area contributed by atoms with E-state index < -0.39 is 20.5 Å². The molecule has 1 aliphatic heterocycles. The Morgan fingerprint density at radius 1 is 1.04 bits per heavy atom. The largest absolute Gasteiger partial charge is 0.381 e. The second-order valence-electron chi connectivity index (χ2n) is 6.41. The molecule has 0 atom stereocenters. The van der Waals surface area contributed by atoms with Gasteiger partial charge in [0.15, 0.2) is 14.6 Å². The molecule has 1 amide bonds. The molecule has 2 aromatic rings. The molecule has 9 heteroatoms. The zero-order valence-corrected chi connectivity index (χ0v) is 16.8. The number of carbonyl (C=O) groups excluding carboxylic acids is 1. The van der Waals surface area contributed by atoms with Gasteiger partial charge in [-0.05, 0) is 42.7 Å². The monoisotopic (exact) mass is 426 g/mol. The standard InChI is InChI=1S/C19H22N2O5S.ClH/c22-18(21-23)19(10-12-26-13-11-19)27(24,25)17-8-6-16(7-9-17)20-14-15-4-2-1-3-5-15;/h1-9,20,23H,10-14H2,(H,21,22);1H. The molecule has 3 N–H and O–H groups in total. The predicted molar refractivity (Wildman–Crippen MR) is 107 cm³/mol. The van der Waals surface area contributed by atoms with E-state index in [9.17, 15) is 13.2 Å². The quantitative estimate of drug-likeness (QED) is 0.484. The van der Waals surface area contributed by atoms with Crippen molar-refractivity contribution in [2.45, 2.75) is 29.0 Å². The van der Waals surface area contributed by atoms with Crippen LogP contribution in [0.15, 0.2) is 59.5 Å². The molecule has 0 aliphatic carbocycles. The van der Waals surface area contributed by atoms with Crippen molar-refractivity contribution in [3.63, 3.8) is 0 Å². The van der Waals surface area contributed by atoms with Gasteiger partial charge in [-0.2, -0.15) is 0 Å². The topological polar surface area (TPSA) is 105 Å². The molecule has 2 aromatic carbocycles. The molecule has 7 nitrogen and oxygen atoms in total. The van der Waals surface area contributed by atoms with Gasteiger partial charge in [0.2, 0.25) is 0 Å². The summed E-state index contributed by atoms with van der Waals surface area (Å²) in [5, 5.41) is 12.3. The number of benzene rings is 2. The van der Waals surface area contributed by atoms with Crippen LogP contribution in [0.2, 0.25) is 0 Å². The van der Waals surface area contributed by atoms with Gasteiger partial charge in [0.05, 0.1) is 4.90 Å². The van der Waals surface area contributed by atoms with Gasteiger partial charge in [-0.3, -0.25) is 10.0 Å². The smallest absolute Gasteiger partial charge is 0.265 e. The van der Waals surface area contributed by atoms with E-state index in [4.69, 9.17) is 9.94 Å². The van der Waals surface area contributed by atoms with E-state index in [2.05, 4.69) is 5.32 Å². The van der Waals surface area contributed by atoms with Crippen LogP contribution in [0.4, 0.5) is 5.69 Å². The maximum absolute atomic E-state index is 13.2. The third-order valence-corrected chi connectivity index (χ3v) is 7.35. The molecule has 1 fully saturated rings. The lowest BCUT2D eigenvalue weighted by atomic mass is 9.98. The maximum Gasteiger partial charge on any atom is 0.265 e. The Bertz CT molecular complexity index is 882. The molecule has 0 saturated carbocycles. The van der Waals surface area contributed by atoms with E-state index in [1.807, 2.05) is 30.3 Å². The number of hydrogen-bond donors (Lipinski definition) is 3. The summed E-state index contributed by atoms with van der Waals surface area (Å²) in [7, 11) is -4.00. The summed E-state index contributed by atoms with van der Waals surface area (Å²) < 4.78 is 29.8. The fraction of sp³-hybridized carbons (Fsp3) is 0.316. The minimum atomic E-state index is -4.00. The molecule has 3 rings (SSSR count). The van der Waals surface area contributed by atoms with E-state index in [0.717, 1.165) is 11.3 Å². The number of rotatable bonds is 6. The maximum atomic E-state index is 13.2. The number of amides is 1. The number of halogens is 1. The van der Waals surface area contributed by atoms with Crippen molar-refractivity contribution in [2.24, 2.45) is 0 Å². The van der Waals surface area contributed by atoms with Crippen molar-refractivity contribution < 1.29 is 23.2 Å². The number of carbonyl (C=O) groups is 1. The Hall–Kier alpha value is -2.13. The van der Waals surface area contributed by atoms with E-state index in [1.54, 1.807) is 12.1 Å². The highest BCUT2D eigenvalue weighted by atomic mass is 35.5. The number of ether oxygens (including phenoxy) is 1. The summed E-state index contributed by atoms with van der Waals surface area (Å²) in [5.41, 5.74) is 3.39. The minimum absolute atomic E-state index is 0. The lowest BCUT2D eigenvalue weighted by Crippen LogP contribution is -2.54. The van der Waals surface area contributed by atoms with Crippen molar-refractivity contribution >= 4 is 33.8 Å². The molecule has 1 aliphatic rings. The Balaban J connectivity index is 0.00000280. The first-order valence-corrected chi connectivity index (χ1v) is 10.1. The average Bonchev–Trinajstić information content (AvgIpc) is 2.73. The highest BCUT2D eigenvalue weighted by molar-refractivity contribution is 7.93. The number of hydroxylamine groups is 1. The van der Waals surface area contributed by atoms with E-state index >= 15 is 0 Å². The van der Waals surface area contributed by atoms with Gasteiger partial charge in [0.1, 0.15) is 0 Å². The first-order valence-electron chi connectivity index (χ1n) is 8.64. The van der Waals surface area contributed by atoms with Crippen molar-refractivity contribution in [1.82, 2.24) is 5.48 Å². The molecule has 0 bridgehead atoms. The third-order valence-electron chi connectivity index (χ3n) is 4.83. The van der Waals surface area contributed by atoms with Crippen LogP contribution in [-0.2, 0) is 25.9 Å². The van der Waals surface area contributed by atoms with Gasteiger partial charge in [-0.15, -0.1) is 12.4 Å². The highest BCUT2D eigenvalue weighted by Gasteiger charge is 2.52. The average molecular weight is 427 g/mol. The molecule has 28 heavy (non-hydrogen) atoms. The second-order valence-corrected chi connectivity index (χ2v) is 8.67. The summed E-state index contributed by atoms with van der Waals surface area (Å²) in [5.74, 6) is -0.919. The van der Waals surface area contributed by atoms with Crippen molar-refractivity contribution in [3.05, 3.63) is 60.2 Å². The van der Waals surface area contributed by atoms with Crippen LogP contribution in [0, 0.1) is 0 Å². The Labute approximate surface area is 170 Å². The molecule has 0 spiro atoms. The third kappa shape index (κ3) is 4.30. The molecule has 1 saturated heterocycles. The van der Waals surface area contributed by atoms with Crippen molar-refractivity contribution in [3.8, 4) is 0 Å². The molecular formula is C19H23ClN2O5S. The number of nitrogens with one attached hydrogen (secondary N) is 2. The van der Waals surface area contributed by atoms with Crippen LogP contribution in [-0.4, -0.2) is 37.5 Å². The van der Waals surface area contributed by atoms with Crippen LogP contribution in [0.25, 0.3) is 0 Å². The van der Waals surface area contributed by atoms with Crippen LogP contribution >= 0.6 is 12.4 Å².